The Labute approximate surface area is 102 Å². The van der Waals surface area contributed by atoms with E-state index in [9.17, 15) is 9.59 Å². The maximum Gasteiger partial charge on any atom is 0.332 e. The van der Waals surface area contributed by atoms with Crippen LogP contribution in [0.15, 0.2) is 0 Å². The van der Waals surface area contributed by atoms with Gasteiger partial charge in [0, 0.05) is 26.6 Å². The lowest BCUT2D eigenvalue weighted by Crippen LogP contribution is -2.42. The van der Waals surface area contributed by atoms with Crippen LogP contribution in [0.4, 0.5) is 4.79 Å². The van der Waals surface area contributed by atoms with Gasteiger partial charge >= 0.3 is 12.0 Å². The number of aliphatic carboxylic acids is 1. The number of amides is 2. The van der Waals surface area contributed by atoms with Crippen LogP contribution in [0.2, 0.25) is 0 Å². The van der Waals surface area contributed by atoms with Crippen molar-refractivity contribution in [1.29, 1.82) is 0 Å². The molecule has 0 heterocycles. The molecule has 0 aromatic rings. The fraction of sp³-hybridized carbons (Fsp3) is 0.818. The summed E-state index contributed by atoms with van der Waals surface area (Å²) in [5.74, 6) is -1.28. The number of aliphatic hydroxyl groups is 1. The maximum atomic E-state index is 11.6. The molecular formula is C11H22N2O4. The molecule has 3 N–H and O–H groups in total. The second-order valence-electron chi connectivity index (χ2n) is 5.29. The average Bonchev–Trinajstić information content (AvgIpc) is 2.14. The normalized spacial score (nSPS) is 13.0. The SMILES string of the molecule is CN(CC(C)(C)C)C(=O)NCCC(O)C(=O)O. The Kier molecular flexibility index (Phi) is 5.95. The molecule has 0 spiro atoms. The topological polar surface area (TPSA) is 89.9 Å². The molecule has 2 amide bonds. The van der Waals surface area contributed by atoms with Crippen molar-refractivity contribution in [2.75, 3.05) is 20.1 Å². The molecule has 1 unspecified atom stereocenters. The van der Waals surface area contributed by atoms with Gasteiger partial charge in [0.05, 0.1) is 0 Å². The van der Waals surface area contributed by atoms with Gasteiger partial charge in [0.25, 0.3) is 0 Å². The highest BCUT2D eigenvalue weighted by Gasteiger charge is 2.18. The Morgan fingerprint density at radius 2 is 1.88 bits per heavy atom. The first-order valence-electron chi connectivity index (χ1n) is 5.53. The van der Waals surface area contributed by atoms with Gasteiger partial charge < -0.3 is 20.4 Å². The van der Waals surface area contributed by atoms with E-state index in [1.54, 1.807) is 7.05 Å². The second-order valence-corrected chi connectivity index (χ2v) is 5.29. The van der Waals surface area contributed by atoms with Crippen molar-refractivity contribution >= 4 is 12.0 Å². The van der Waals surface area contributed by atoms with Crippen molar-refractivity contribution in [1.82, 2.24) is 10.2 Å². The monoisotopic (exact) mass is 246 g/mol. The lowest BCUT2D eigenvalue weighted by atomic mass is 9.96. The number of hydrogen-bond donors (Lipinski definition) is 3. The number of carbonyl (C=O) groups excluding carboxylic acids is 1. The summed E-state index contributed by atoms with van der Waals surface area (Å²) in [6.07, 6.45) is -1.42. The third-order valence-electron chi connectivity index (χ3n) is 2.04. The summed E-state index contributed by atoms with van der Waals surface area (Å²) in [7, 11) is 1.67. The van der Waals surface area contributed by atoms with Gasteiger partial charge in [-0.3, -0.25) is 0 Å². The number of carboxylic acids is 1. The van der Waals surface area contributed by atoms with Crippen molar-refractivity contribution < 1.29 is 19.8 Å². The van der Waals surface area contributed by atoms with Gasteiger partial charge in [-0.05, 0) is 5.41 Å². The molecule has 6 nitrogen and oxygen atoms in total. The molecule has 0 aliphatic heterocycles. The highest BCUT2D eigenvalue weighted by molar-refractivity contribution is 5.74. The average molecular weight is 246 g/mol. The van der Waals surface area contributed by atoms with Crippen molar-refractivity contribution in [3.05, 3.63) is 0 Å². The van der Waals surface area contributed by atoms with Gasteiger partial charge in [-0.2, -0.15) is 0 Å². The predicted molar refractivity (Wildman–Crippen MR) is 63.7 cm³/mol. The second kappa shape index (κ2) is 6.44. The molecule has 1 atom stereocenters. The summed E-state index contributed by atoms with van der Waals surface area (Å²) >= 11 is 0. The molecule has 0 aromatic carbocycles. The van der Waals surface area contributed by atoms with Crippen LogP contribution >= 0.6 is 0 Å². The van der Waals surface area contributed by atoms with Crippen LogP contribution in [0.25, 0.3) is 0 Å². The highest BCUT2D eigenvalue weighted by Crippen LogP contribution is 2.13. The molecule has 0 aliphatic rings. The zero-order chi connectivity index (χ0) is 13.6. The van der Waals surface area contributed by atoms with Gasteiger partial charge in [0.15, 0.2) is 6.10 Å². The van der Waals surface area contributed by atoms with Crippen LogP contribution in [-0.2, 0) is 4.79 Å². The Morgan fingerprint density at radius 1 is 1.35 bits per heavy atom. The summed E-state index contributed by atoms with van der Waals surface area (Å²) in [6.45, 7) is 6.79. The van der Waals surface area contributed by atoms with Crippen LogP contribution in [0.5, 0.6) is 0 Å². The van der Waals surface area contributed by atoms with Gasteiger partial charge in [-0.1, -0.05) is 20.8 Å². The molecule has 6 heteroatoms. The largest absolute Gasteiger partial charge is 0.479 e. The zero-order valence-corrected chi connectivity index (χ0v) is 10.9. The Hall–Kier alpha value is -1.30. The number of nitrogens with zero attached hydrogens (tertiary/aromatic N) is 1. The van der Waals surface area contributed by atoms with Crippen LogP contribution in [0.1, 0.15) is 27.2 Å². The zero-order valence-electron chi connectivity index (χ0n) is 10.9. The van der Waals surface area contributed by atoms with E-state index in [0.717, 1.165) is 0 Å². The Morgan fingerprint density at radius 3 is 2.29 bits per heavy atom. The number of rotatable bonds is 5. The number of hydrogen-bond acceptors (Lipinski definition) is 3. The fourth-order valence-corrected chi connectivity index (χ4v) is 1.36. The summed E-state index contributed by atoms with van der Waals surface area (Å²) < 4.78 is 0. The lowest BCUT2D eigenvalue weighted by Gasteiger charge is -2.26. The Bertz CT molecular complexity index is 273. The van der Waals surface area contributed by atoms with Crippen LogP contribution in [0.3, 0.4) is 0 Å². The minimum Gasteiger partial charge on any atom is -0.479 e. The molecule has 0 bridgehead atoms. The van der Waals surface area contributed by atoms with E-state index >= 15 is 0 Å². The fourth-order valence-electron chi connectivity index (χ4n) is 1.36. The quantitative estimate of drug-likeness (QED) is 0.659. The predicted octanol–water partition coefficient (Wildman–Crippen LogP) is 0.509. The first kappa shape index (κ1) is 15.7. The van der Waals surface area contributed by atoms with Gasteiger partial charge in [-0.25, -0.2) is 9.59 Å². The standard InChI is InChI=1S/C11H22N2O4/c1-11(2,3)7-13(4)10(17)12-6-5-8(14)9(15)16/h8,14H,5-7H2,1-4H3,(H,12,17)(H,15,16). The molecule has 0 fully saturated rings. The summed E-state index contributed by atoms with van der Waals surface area (Å²) in [4.78, 5) is 23.4. The highest BCUT2D eigenvalue weighted by atomic mass is 16.4. The minimum absolute atomic E-state index is 0.00440. The molecule has 0 saturated carbocycles. The maximum absolute atomic E-state index is 11.6. The van der Waals surface area contributed by atoms with E-state index in [4.69, 9.17) is 10.2 Å². The van der Waals surface area contributed by atoms with Crippen molar-refractivity contribution in [3.63, 3.8) is 0 Å². The number of nitrogens with one attached hydrogen (secondary N) is 1. The van der Waals surface area contributed by atoms with Crippen molar-refractivity contribution in [2.24, 2.45) is 5.41 Å². The molecule has 0 aliphatic carbocycles. The molecule has 0 aromatic heterocycles. The van der Waals surface area contributed by atoms with Gasteiger partial charge in [-0.15, -0.1) is 0 Å². The number of carboxylic acid groups (broad SMARTS) is 1. The Balaban J connectivity index is 3.91. The van der Waals surface area contributed by atoms with Gasteiger partial charge in [0.2, 0.25) is 0 Å². The van der Waals surface area contributed by atoms with Crippen molar-refractivity contribution in [2.45, 2.75) is 33.3 Å². The molecule has 100 valence electrons. The number of carbonyl (C=O) groups is 2. The molecule has 17 heavy (non-hydrogen) atoms. The van der Waals surface area contributed by atoms with Crippen LogP contribution in [-0.4, -0.2) is 53.4 Å². The molecular weight excluding hydrogens is 224 g/mol. The molecule has 0 radical (unpaired) electrons. The lowest BCUT2D eigenvalue weighted by molar-refractivity contribution is -0.146. The van der Waals surface area contributed by atoms with E-state index < -0.39 is 12.1 Å². The summed E-state index contributed by atoms with van der Waals surface area (Å²) in [5.41, 5.74) is 0.00662. The number of urea groups is 1. The number of aliphatic hydroxyl groups excluding tert-OH is 1. The molecule has 0 rings (SSSR count). The molecule has 0 saturated heterocycles. The van der Waals surface area contributed by atoms with Crippen LogP contribution in [0, 0.1) is 5.41 Å². The summed E-state index contributed by atoms with van der Waals surface area (Å²) in [6, 6.07) is -0.266. The van der Waals surface area contributed by atoms with E-state index in [2.05, 4.69) is 5.32 Å². The van der Waals surface area contributed by atoms with E-state index in [1.807, 2.05) is 20.8 Å². The third-order valence-corrected chi connectivity index (χ3v) is 2.04. The summed E-state index contributed by atoms with van der Waals surface area (Å²) in [5, 5.41) is 20.0. The first-order chi connectivity index (χ1) is 7.63. The van der Waals surface area contributed by atoms with E-state index in [1.165, 1.54) is 4.90 Å². The van der Waals surface area contributed by atoms with Crippen LogP contribution < -0.4 is 5.32 Å². The minimum atomic E-state index is -1.43. The van der Waals surface area contributed by atoms with E-state index in [-0.39, 0.29) is 24.4 Å². The van der Waals surface area contributed by atoms with E-state index in [0.29, 0.717) is 6.54 Å². The third kappa shape index (κ3) is 7.57. The smallest absolute Gasteiger partial charge is 0.332 e. The first-order valence-corrected chi connectivity index (χ1v) is 5.53. The van der Waals surface area contributed by atoms with Crippen molar-refractivity contribution in [3.8, 4) is 0 Å². The van der Waals surface area contributed by atoms with Gasteiger partial charge in [0.1, 0.15) is 0 Å².